The molecule has 0 aromatic heterocycles. The van der Waals surface area contributed by atoms with E-state index in [-0.39, 0.29) is 17.6 Å². The maximum Gasteiger partial charge on any atom is 0.250 e. The van der Waals surface area contributed by atoms with E-state index in [1.807, 2.05) is 45.2 Å². The lowest BCUT2D eigenvalue weighted by Crippen LogP contribution is -2.51. The fraction of sp³-hybridized carbons (Fsp3) is 0.333. The van der Waals surface area contributed by atoms with Crippen molar-refractivity contribution in [2.24, 2.45) is 5.92 Å². The van der Waals surface area contributed by atoms with Crippen molar-refractivity contribution < 1.29 is 9.59 Å². The zero-order valence-electron chi connectivity index (χ0n) is 16.8. The summed E-state index contributed by atoms with van der Waals surface area (Å²) in [5.74, 6) is -0.613. The maximum absolute atomic E-state index is 13.5. The molecule has 0 aliphatic carbocycles. The van der Waals surface area contributed by atoms with Gasteiger partial charge in [0.05, 0.1) is 5.92 Å². The van der Waals surface area contributed by atoms with Gasteiger partial charge in [0.2, 0.25) is 5.91 Å². The maximum atomic E-state index is 13.5. The Morgan fingerprint density at radius 1 is 1.14 bits per heavy atom. The first-order valence-electron chi connectivity index (χ1n) is 9.73. The Balaban J connectivity index is 1.92. The van der Waals surface area contributed by atoms with Crippen LogP contribution in [0.15, 0.2) is 60.2 Å². The van der Waals surface area contributed by atoms with E-state index in [1.54, 1.807) is 6.08 Å². The van der Waals surface area contributed by atoms with Crippen LogP contribution in [0.1, 0.15) is 36.5 Å². The van der Waals surface area contributed by atoms with Crippen molar-refractivity contribution in [1.82, 2.24) is 4.90 Å². The van der Waals surface area contributed by atoms with Crippen LogP contribution in [0.2, 0.25) is 0 Å². The monoisotopic (exact) mass is 374 g/mol. The number of aryl methyl sites for hydroxylation is 1. The molecule has 144 valence electrons. The van der Waals surface area contributed by atoms with Crippen molar-refractivity contribution in [2.75, 3.05) is 18.9 Å². The Bertz CT molecular complexity index is 972. The van der Waals surface area contributed by atoms with Gasteiger partial charge in [0, 0.05) is 23.7 Å². The van der Waals surface area contributed by atoms with Crippen molar-refractivity contribution in [1.29, 1.82) is 0 Å². The number of carbonyl (C=O) groups excluding carboxylic acids is 2. The third kappa shape index (κ3) is 2.63. The number of likely N-dealkylation sites (N-methyl/N-ethyl adjacent to an activating group) is 1. The first kappa shape index (κ1) is 18.6. The summed E-state index contributed by atoms with van der Waals surface area (Å²) in [4.78, 5) is 28.9. The summed E-state index contributed by atoms with van der Waals surface area (Å²) in [6.07, 6.45) is 1.70. The van der Waals surface area contributed by atoms with Crippen LogP contribution >= 0.6 is 0 Å². The van der Waals surface area contributed by atoms with E-state index in [9.17, 15) is 9.59 Å². The summed E-state index contributed by atoms with van der Waals surface area (Å²) in [5, 5.41) is 3.03. The van der Waals surface area contributed by atoms with E-state index in [1.165, 1.54) is 5.56 Å². The molecule has 28 heavy (non-hydrogen) atoms. The number of hydrogen-bond donors (Lipinski definition) is 1. The van der Waals surface area contributed by atoms with E-state index in [0.717, 1.165) is 22.4 Å². The molecule has 2 heterocycles. The normalized spacial score (nSPS) is 26.2. The van der Waals surface area contributed by atoms with Crippen molar-refractivity contribution in [3.63, 3.8) is 0 Å². The third-order valence-corrected chi connectivity index (χ3v) is 6.10. The van der Waals surface area contributed by atoms with Gasteiger partial charge >= 0.3 is 0 Å². The number of nitrogens with zero attached hydrogens (tertiary/aromatic N) is 1. The summed E-state index contributed by atoms with van der Waals surface area (Å²) in [6, 6.07) is 16.1. The molecule has 0 bridgehead atoms. The summed E-state index contributed by atoms with van der Waals surface area (Å²) in [6.45, 7) is 6.55. The van der Waals surface area contributed by atoms with Gasteiger partial charge in [-0.1, -0.05) is 53.6 Å². The van der Waals surface area contributed by atoms with Gasteiger partial charge in [0.15, 0.2) is 5.78 Å². The van der Waals surface area contributed by atoms with E-state index in [4.69, 9.17) is 0 Å². The summed E-state index contributed by atoms with van der Waals surface area (Å²) in [5.41, 5.74) is 3.96. The minimum Gasteiger partial charge on any atom is -0.324 e. The summed E-state index contributed by atoms with van der Waals surface area (Å²) >= 11 is 0. The van der Waals surface area contributed by atoms with Crippen LogP contribution in [-0.2, 0) is 15.1 Å². The Kier molecular flexibility index (Phi) is 4.47. The zero-order chi connectivity index (χ0) is 20.1. The number of hydrogen-bond acceptors (Lipinski definition) is 3. The number of likely N-dealkylation sites (tertiary alicyclic amines) is 1. The molecule has 1 amide bonds. The molecule has 0 unspecified atom stereocenters. The number of ketones is 1. The second kappa shape index (κ2) is 6.71. The second-order valence-electron chi connectivity index (χ2n) is 8.27. The van der Waals surface area contributed by atoms with Gasteiger partial charge in [-0.2, -0.15) is 0 Å². The lowest BCUT2D eigenvalue weighted by molar-refractivity contribution is -0.133. The number of rotatable bonds is 3. The Morgan fingerprint density at radius 3 is 2.50 bits per heavy atom. The average molecular weight is 374 g/mol. The van der Waals surface area contributed by atoms with E-state index < -0.39 is 11.5 Å². The first-order chi connectivity index (χ1) is 13.4. The van der Waals surface area contributed by atoms with Crippen molar-refractivity contribution >= 4 is 17.4 Å². The van der Waals surface area contributed by atoms with Gasteiger partial charge in [-0.25, -0.2) is 0 Å². The van der Waals surface area contributed by atoms with E-state index in [0.29, 0.717) is 6.54 Å². The van der Waals surface area contributed by atoms with Crippen LogP contribution in [0.5, 0.6) is 0 Å². The molecule has 4 heteroatoms. The largest absolute Gasteiger partial charge is 0.324 e. The molecule has 1 spiro atoms. The molecule has 2 aromatic rings. The molecule has 0 radical (unpaired) electrons. The molecule has 1 N–H and O–H groups in total. The molecule has 4 rings (SSSR count). The van der Waals surface area contributed by atoms with E-state index in [2.05, 4.69) is 41.4 Å². The second-order valence-corrected chi connectivity index (χ2v) is 8.27. The minimum atomic E-state index is -0.977. The highest BCUT2D eigenvalue weighted by Crippen LogP contribution is 2.55. The molecule has 1 fully saturated rings. The van der Waals surface area contributed by atoms with Gasteiger partial charge in [-0.15, -0.1) is 0 Å². The number of anilines is 1. The summed E-state index contributed by atoms with van der Waals surface area (Å²) in [7, 11) is 1.96. The van der Waals surface area contributed by atoms with Crippen LogP contribution in [-0.4, -0.2) is 30.2 Å². The number of amides is 1. The van der Waals surface area contributed by atoms with Gasteiger partial charge < -0.3 is 5.32 Å². The first-order valence-corrected chi connectivity index (χ1v) is 9.73. The highest BCUT2D eigenvalue weighted by Gasteiger charge is 2.63. The lowest BCUT2D eigenvalue weighted by Gasteiger charge is -2.35. The number of fused-ring (bicyclic) bond motifs is 2. The third-order valence-electron chi connectivity index (χ3n) is 6.10. The number of nitrogens with one attached hydrogen (secondary N) is 1. The number of allylic oxidation sites excluding steroid dienone is 2. The van der Waals surface area contributed by atoms with Crippen LogP contribution in [0, 0.1) is 12.8 Å². The zero-order valence-corrected chi connectivity index (χ0v) is 16.8. The topological polar surface area (TPSA) is 49.4 Å². The van der Waals surface area contributed by atoms with Crippen LogP contribution in [0.25, 0.3) is 0 Å². The van der Waals surface area contributed by atoms with Gasteiger partial charge in [-0.3, -0.25) is 14.5 Å². The Hall–Kier alpha value is -2.72. The number of carbonyl (C=O) groups is 2. The molecule has 2 aliphatic heterocycles. The highest BCUT2D eigenvalue weighted by atomic mass is 16.2. The van der Waals surface area contributed by atoms with Crippen LogP contribution in [0.3, 0.4) is 0 Å². The van der Waals surface area contributed by atoms with Crippen LogP contribution in [0.4, 0.5) is 5.69 Å². The Labute approximate surface area is 166 Å². The molecule has 0 saturated carbocycles. The summed E-state index contributed by atoms with van der Waals surface area (Å²) < 4.78 is 0. The van der Waals surface area contributed by atoms with Gasteiger partial charge in [-0.05, 0) is 45.5 Å². The number of benzene rings is 2. The highest BCUT2D eigenvalue weighted by molar-refractivity contribution is 6.11. The quantitative estimate of drug-likeness (QED) is 0.826. The molecule has 1 saturated heterocycles. The molecular weight excluding hydrogens is 348 g/mol. The standard InChI is InChI=1S/C24H26N2O2/c1-15(2)13-21(27)22-18(17-11-9-16(3)10-12-17)14-26(4)24(22)19-7-5-6-8-20(19)25-23(24)28/h5-13,18,22H,14H2,1-4H3,(H,25,28)/t18-,22+,24-/m1/s1. The van der Waals surface area contributed by atoms with Gasteiger partial charge in [0.1, 0.15) is 5.54 Å². The SMILES string of the molecule is CC(C)=CC(=O)[C@@H]1[C@@H](c2ccc(C)cc2)CN(C)[C@@]12C(=O)Nc1ccccc12. The van der Waals surface area contributed by atoms with E-state index >= 15 is 0 Å². The predicted octanol–water partition coefficient (Wildman–Crippen LogP) is 4.02. The van der Waals surface area contributed by atoms with Gasteiger partial charge in [0.25, 0.3) is 0 Å². The fourth-order valence-corrected chi connectivity index (χ4v) is 4.92. The Morgan fingerprint density at radius 2 is 1.82 bits per heavy atom. The molecule has 3 atom stereocenters. The number of para-hydroxylation sites is 1. The fourth-order valence-electron chi connectivity index (χ4n) is 4.92. The predicted molar refractivity (Wildman–Crippen MR) is 111 cm³/mol. The van der Waals surface area contributed by atoms with Crippen molar-refractivity contribution in [3.05, 3.63) is 76.9 Å². The van der Waals surface area contributed by atoms with Crippen molar-refractivity contribution in [2.45, 2.75) is 32.2 Å². The van der Waals surface area contributed by atoms with Crippen molar-refractivity contribution in [3.8, 4) is 0 Å². The minimum absolute atomic E-state index is 0.0155. The molecule has 2 aliphatic rings. The molecule has 4 nitrogen and oxygen atoms in total. The smallest absolute Gasteiger partial charge is 0.250 e. The lowest BCUT2D eigenvalue weighted by atomic mass is 9.71. The molecular formula is C24H26N2O2. The molecule has 2 aromatic carbocycles. The average Bonchev–Trinajstić information content (AvgIpc) is 3.11. The van der Waals surface area contributed by atoms with Crippen LogP contribution < -0.4 is 5.32 Å².